The number of carbonyl (C=O) groups is 1. The SMILES string of the molecule is COc1cc(CCCCC(=O)C2C3CCC(C3)N2S(=O)(=O)Cc2ccccc2)cc(OC)c1OC. The number of methoxy groups -OCH3 is 3. The number of hydrogen-bond donors (Lipinski definition) is 0. The highest BCUT2D eigenvalue weighted by Gasteiger charge is 2.53. The molecule has 2 aromatic carbocycles. The summed E-state index contributed by atoms with van der Waals surface area (Å²) in [6.45, 7) is 0. The summed E-state index contributed by atoms with van der Waals surface area (Å²) >= 11 is 0. The number of aryl methyl sites for hydroxylation is 1. The predicted molar refractivity (Wildman–Crippen MR) is 134 cm³/mol. The number of nitrogens with zero attached hydrogens (tertiary/aromatic N) is 1. The molecule has 8 heteroatoms. The molecule has 2 bridgehead atoms. The van der Waals surface area contributed by atoms with Gasteiger partial charge in [-0.15, -0.1) is 0 Å². The van der Waals surface area contributed by atoms with E-state index in [1.165, 1.54) is 0 Å². The van der Waals surface area contributed by atoms with Gasteiger partial charge in [-0.1, -0.05) is 30.3 Å². The lowest BCUT2D eigenvalue weighted by Gasteiger charge is -2.33. The number of benzene rings is 2. The van der Waals surface area contributed by atoms with Gasteiger partial charge in [-0.3, -0.25) is 4.79 Å². The topological polar surface area (TPSA) is 82.1 Å². The van der Waals surface area contributed by atoms with Crippen molar-refractivity contribution >= 4 is 15.8 Å². The van der Waals surface area contributed by atoms with Crippen LogP contribution < -0.4 is 14.2 Å². The van der Waals surface area contributed by atoms with E-state index in [-0.39, 0.29) is 23.5 Å². The second kappa shape index (κ2) is 11.0. The zero-order chi connectivity index (χ0) is 25.0. The number of fused-ring (bicyclic) bond motifs is 2. The Morgan fingerprint density at radius 2 is 1.63 bits per heavy atom. The monoisotopic (exact) mass is 501 g/mol. The minimum Gasteiger partial charge on any atom is -0.493 e. The van der Waals surface area contributed by atoms with E-state index in [2.05, 4.69) is 0 Å². The first-order valence-electron chi connectivity index (χ1n) is 12.2. The summed E-state index contributed by atoms with van der Waals surface area (Å²) in [4.78, 5) is 13.3. The molecule has 1 saturated heterocycles. The Kier molecular flexibility index (Phi) is 8.02. The number of sulfonamides is 1. The zero-order valence-corrected chi connectivity index (χ0v) is 21.6. The van der Waals surface area contributed by atoms with E-state index in [4.69, 9.17) is 14.2 Å². The van der Waals surface area contributed by atoms with E-state index in [1.807, 2.05) is 42.5 Å². The molecule has 1 aliphatic heterocycles. The van der Waals surface area contributed by atoms with Crippen LogP contribution in [0.25, 0.3) is 0 Å². The molecule has 0 radical (unpaired) electrons. The van der Waals surface area contributed by atoms with Crippen molar-refractivity contribution in [2.75, 3.05) is 21.3 Å². The summed E-state index contributed by atoms with van der Waals surface area (Å²) in [5.74, 6) is 1.93. The molecule has 0 amide bonds. The van der Waals surface area contributed by atoms with Crippen molar-refractivity contribution < 1.29 is 27.4 Å². The molecular formula is C27H35NO6S. The third-order valence-corrected chi connectivity index (χ3v) is 9.10. The third-order valence-electron chi connectivity index (χ3n) is 7.23. The van der Waals surface area contributed by atoms with Crippen molar-refractivity contribution in [2.45, 2.75) is 62.8 Å². The molecule has 1 saturated carbocycles. The number of carbonyl (C=O) groups excluding carboxylic acids is 1. The van der Waals surface area contributed by atoms with Crippen LogP contribution in [0.15, 0.2) is 42.5 Å². The van der Waals surface area contributed by atoms with Gasteiger partial charge in [-0.2, -0.15) is 4.31 Å². The van der Waals surface area contributed by atoms with Gasteiger partial charge in [0.25, 0.3) is 0 Å². The Balaban J connectivity index is 1.38. The maximum atomic E-state index is 13.3. The summed E-state index contributed by atoms with van der Waals surface area (Å²) in [5.41, 5.74) is 1.80. The van der Waals surface area contributed by atoms with Gasteiger partial charge in [0.05, 0.1) is 33.1 Å². The number of piperidine rings is 1. The smallest absolute Gasteiger partial charge is 0.219 e. The molecule has 2 aromatic rings. The predicted octanol–water partition coefficient (Wildman–Crippen LogP) is 4.38. The average Bonchev–Trinajstić information content (AvgIpc) is 3.48. The number of ketones is 1. The molecule has 1 aliphatic carbocycles. The second-order valence-electron chi connectivity index (χ2n) is 9.45. The maximum Gasteiger partial charge on any atom is 0.219 e. The molecule has 35 heavy (non-hydrogen) atoms. The number of hydrogen-bond acceptors (Lipinski definition) is 6. The molecule has 0 spiro atoms. The van der Waals surface area contributed by atoms with Crippen molar-refractivity contribution in [2.24, 2.45) is 5.92 Å². The van der Waals surface area contributed by atoms with E-state index < -0.39 is 16.1 Å². The van der Waals surface area contributed by atoms with E-state index >= 15 is 0 Å². The van der Waals surface area contributed by atoms with E-state index in [0.717, 1.165) is 43.2 Å². The number of rotatable bonds is 12. The van der Waals surface area contributed by atoms with Crippen LogP contribution in [0.5, 0.6) is 17.2 Å². The van der Waals surface area contributed by atoms with Crippen LogP contribution >= 0.6 is 0 Å². The first kappa shape index (κ1) is 25.5. The molecule has 3 atom stereocenters. The first-order valence-corrected chi connectivity index (χ1v) is 13.9. The zero-order valence-electron chi connectivity index (χ0n) is 20.7. The van der Waals surface area contributed by atoms with Gasteiger partial charge in [0.15, 0.2) is 17.3 Å². The van der Waals surface area contributed by atoms with Crippen LogP contribution in [0, 0.1) is 5.92 Å². The van der Waals surface area contributed by atoms with Gasteiger partial charge in [-0.05, 0) is 67.7 Å². The Bertz CT molecular complexity index is 1110. The lowest BCUT2D eigenvalue weighted by molar-refractivity contribution is -0.124. The van der Waals surface area contributed by atoms with Gasteiger partial charge in [0.1, 0.15) is 0 Å². The highest BCUT2D eigenvalue weighted by Crippen LogP contribution is 2.45. The first-order chi connectivity index (χ1) is 16.9. The summed E-state index contributed by atoms with van der Waals surface area (Å²) < 4.78 is 44.5. The fourth-order valence-corrected chi connectivity index (χ4v) is 7.71. The van der Waals surface area contributed by atoms with Gasteiger partial charge in [0, 0.05) is 12.5 Å². The van der Waals surface area contributed by atoms with Crippen LogP contribution in [0.4, 0.5) is 0 Å². The van der Waals surface area contributed by atoms with Crippen molar-refractivity contribution in [1.29, 1.82) is 0 Å². The quantitative estimate of drug-likeness (QED) is 0.402. The van der Waals surface area contributed by atoms with Gasteiger partial charge >= 0.3 is 0 Å². The van der Waals surface area contributed by atoms with Gasteiger partial charge < -0.3 is 14.2 Å². The Hall–Kier alpha value is -2.58. The van der Waals surface area contributed by atoms with E-state index in [1.54, 1.807) is 25.6 Å². The lowest BCUT2D eigenvalue weighted by Crippen LogP contribution is -2.49. The van der Waals surface area contributed by atoms with Crippen LogP contribution in [-0.4, -0.2) is 51.9 Å². The molecule has 4 rings (SSSR count). The molecule has 2 fully saturated rings. The standard InChI is InChI=1S/C27H35NO6S/c1-32-24-15-20(16-25(33-2)27(24)34-3)11-7-8-12-23(29)26-21-13-14-22(17-21)28(26)35(30,31)18-19-9-5-4-6-10-19/h4-6,9-10,15-16,21-22,26H,7-8,11-14,17-18H2,1-3H3. The lowest BCUT2D eigenvalue weighted by atomic mass is 9.93. The molecule has 0 N–H and O–H groups in total. The molecule has 2 aliphatic rings. The summed E-state index contributed by atoms with van der Waals surface area (Å²) in [6.07, 6.45) is 5.24. The third kappa shape index (κ3) is 5.48. The van der Waals surface area contributed by atoms with Gasteiger partial charge in [-0.25, -0.2) is 8.42 Å². The van der Waals surface area contributed by atoms with Crippen molar-refractivity contribution in [1.82, 2.24) is 4.31 Å². The van der Waals surface area contributed by atoms with E-state index in [9.17, 15) is 13.2 Å². The average molecular weight is 502 g/mol. The van der Waals surface area contributed by atoms with Crippen LogP contribution in [0.1, 0.15) is 49.7 Å². The highest BCUT2D eigenvalue weighted by molar-refractivity contribution is 7.88. The summed E-state index contributed by atoms with van der Waals surface area (Å²) in [7, 11) is 1.19. The fourth-order valence-electron chi connectivity index (χ4n) is 5.66. The molecule has 7 nitrogen and oxygen atoms in total. The van der Waals surface area contributed by atoms with Crippen LogP contribution in [0.2, 0.25) is 0 Å². The largest absolute Gasteiger partial charge is 0.493 e. The second-order valence-corrected chi connectivity index (χ2v) is 11.3. The minimum absolute atomic E-state index is 0.0399. The molecule has 0 aromatic heterocycles. The van der Waals surface area contributed by atoms with Crippen LogP contribution in [0.3, 0.4) is 0 Å². The molecular weight excluding hydrogens is 466 g/mol. The van der Waals surface area contributed by atoms with Crippen LogP contribution in [-0.2, 0) is 27.0 Å². The van der Waals surface area contributed by atoms with Crippen molar-refractivity contribution in [3.8, 4) is 17.2 Å². The Morgan fingerprint density at radius 1 is 0.943 bits per heavy atom. The Labute approximate surface area is 208 Å². The number of ether oxygens (including phenoxy) is 3. The van der Waals surface area contributed by atoms with Crippen molar-refractivity contribution in [3.63, 3.8) is 0 Å². The number of unbranched alkanes of at least 4 members (excludes halogenated alkanes) is 1. The summed E-state index contributed by atoms with van der Waals surface area (Å²) in [6, 6.07) is 12.5. The fraction of sp³-hybridized carbons (Fsp3) is 0.519. The molecule has 190 valence electrons. The van der Waals surface area contributed by atoms with E-state index in [0.29, 0.717) is 30.1 Å². The highest BCUT2D eigenvalue weighted by atomic mass is 32.2. The maximum absolute atomic E-state index is 13.3. The normalized spacial score (nSPS) is 21.7. The van der Waals surface area contributed by atoms with Crippen molar-refractivity contribution in [3.05, 3.63) is 53.6 Å². The Morgan fingerprint density at radius 3 is 2.26 bits per heavy atom. The minimum atomic E-state index is -3.56. The van der Waals surface area contributed by atoms with Gasteiger partial charge in [0.2, 0.25) is 15.8 Å². The number of Topliss-reactive ketones (excluding diaryl/α,β-unsaturated/α-hetero) is 1. The summed E-state index contributed by atoms with van der Waals surface area (Å²) in [5, 5.41) is 0. The molecule has 3 unspecified atom stereocenters. The molecule has 1 heterocycles.